The van der Waals surface area contributed by atoms with Gasteiger partial charge in [-0.15, -0.1) is 0 Å². The van der Waals surface area contributed by atoms with Crippen molar-refractivity contribution in [1.82, 2.24) is 14.6 Å². The number of nitriles is 1. The van der Waals surface area contributed by atoms with Gasteiger partial charge in [-0.2, -0.15) is 14.9 Å². The number of benzene rings is 2. The first-order chi connectivity index (χ1) is 12.7. The summed E-state index contributed by atoms with van der Waals surface area (Å²) in [5.74, 6) is 1.01. The minimum Gasteiger partial charge on any atom is -0.497 e. The molecule has 0 radical (unpaired) electrons. The zero-order valence-electron chi connectivity index (χ0n) is 14.0. The molecular formula is C20H15N5O. The monoisotopic (exact) mass is 341 g/mol. The van der Waals surface area contributed by atoms with Gasteiger partial charge in [0.05, 0.1) is 18.2 Å². The zero-order chi connectivity index (χ0) is 18.1. The largest absolute Gasteiger partial charge is 0.497 e. The van der Waals surface area contributed by atoms with Gasteiger partial charge in [-0.3, -0.25) is 0 Å². The number of ether oxygens (including phenoxy) is 1. The standard InChI is InChI=1S/C20H15N5O/c1-26-16-9-7-14(8-10-16)18-15(12-21)11-17-19(13-5-3-2-4-6-13)23-20(22)25(17)24-18/h2-11H,1H3,(H2,22,23). The van der Waals surface area contributed by atoms with E-state index in [4.69, 9.17) is 10.5 Å². The average molecular weight is 341 g/mol. The van der Waals surface area contributed by atoms with Crippen LogP contribution in [0.25, 0.3) is 28.0 Å². The van der Waals surface area contributed by atoms with Crippen LogP contribution >= 0.6 is 0 Å². The van der Waals surface area contributed by atoms with Crippen LogP contribution in [0.2, 0.25) is 0 Å². The predicted octanol–water partition coefficient (Wildman–Crippen LogP) is 3.53. The van der Waals surface area contributed by atoms with Gasteiger partial charge in [0, 0.05) is 11.1 Å². The number of aromatic nitrogens is 3. The van der Waals surface area contributed by atoms with Gasteiger partial charge in [0.15, 0.2) is 0 Å². The Morgan fingerprint density at radius 2 is 1.69 bits per heavy atom. The predicted molar refractivity (Wildman–Crippen MR) is 99.5 cm³/mol. The highest BCUT2D eigenvalue weighted by Gasteiger charge is 2.16. The Morgan fingerprint density at radius 3 is 2.35 bits per heavy atom. The van der Waals surface area contributed by atoms with Gasteiger partial charge < -0.3 is 10.5 Å². The summed E-state index contributed by atoms with van der Waals surface area (Å²) in [6.45, 7) is 0. The van der Waals surface area contributed by atoms with E-state index in [9.17, 15) is 5.26 Å². The van der Waals surface area contributed by atoms with Crippen LogP contribution in [0.3, 0.4) is 0 Å². The Kier molecular flexibility index (Phi) is 3.75. The lowest BCUT2D eigenvalue weighted by Gasteiger charge is -2.07. The maximum Gasteiger partial charge on any atom is 0.222 e. The number of imidazole rings is 1. The summed E-state index contributed by atoms with van der Waals surface area (Å²) < 4.78 is 6.75. The highest BCUT2D eigenvalue weighted by molar-refractivity contribution is 5.82. The summed E-state index contributed by atoms with van der Waals surface area (Å²) in [6, 6.07) is 21.1. The average Bonchev–Trinajstić information content (AvgIpc) is 3.03. The molecule has 2 aromatic heterocycles. The topological polar surface area (TPSA) is 89.2 Å². The van der Waals surface area contributed by atoms with Gasteiger partial charge in [0.2, 0.25) is 5.95 Å². The molecule has 0 unspecified atom stereocenters. The molecule has 0 bridgehead atoms. The highest BCUT2D eigenvalue weighted by Crippen LogP contribution is 2.30. The Hall–Kier alpha value is -3.85. The van der Waals surface area contributed by atoms with Crippen LogP contribution < -0.4 is 10.5 Å². The molecule has 0 aliphatic heterocycles. The van der Waals surface area contributed by atoms with E-state index in [-0.39, 0.29) is 5.95 Å². The molecule has 6 nitrogen and oxygen atoms in total. The minimum atomic E-state index is 0.276. The molecule has 0 saturated carbocycles. The van der Waals surface area contributed by atoms with Gasteiger partial charge in [0.1, 0.15) is 23.2 Å². The van der Waals surface area contributed by atoms with E-state index in [1.807, 2.05) is 54.6 Å². The summed E-state index contributed by atoms with van der Waals surface area (Å²) in [7, 11) is 1.61. The van der Waals surface area contributed by atoms with Crippen molar-refractivity contribution >= 4 is 11.5 Å². The number of anilines is 1. The van der Waals surface area contributed by atoms with E-state index in [1.54, 1.807) is 17.7 Å². The summed E-state index contributed by atoms with van der Waals surface area (Å²) in [4.78, 5) is 4.45. The fourth-order valence-corrected chi connectivity index (χ4v) is 2.89. The van der Waals surface area contributed by atoms with E-state index in [0.29, 0.717) is 22.5 Å². The number of nitrogens with two attached hydrogens (primary N) is 1. The second-order valence-electron chi connectivity index (χ2n) is 5.73. The number of hydrogen-bond donors (Lipinski definition) is 1. The van der Waals surface area contributed by atoms with Crippen LogP contribution in [-0.2, 0) is 0 Å². The minimum absolute atomic E-state index is 0.276. The van der Waals surface area contributed by atoms with Gasteiger partial charge >= 0.3 is 0 Å². The smallest absolute Gasteiger partial charge is 0.222 e. The van der Waals surface area contributed by atoms with E-state index < -0.39 is 0 Å². The normalized spacial score (nSPS) is 10.6. The van der Waals surface area contributed by atoms with Gasteiger partial charge in [0.25, 0.3) is 0 Å². The number of fused-ring (bicyclic) bond motifs is 1. The lowest BCUT2D eigenvalue weighted by atomic mass is 10.1. The van der Waals surface area contributed by atoms with Crippen molar-refractivity contribution in [2.45, 2.75) is 0 Å². The third-order valence-corrected chi connectivity index (χ3v) is 4.18. The lowest BCUT2D eigenvalue weighted by Crippen LogP contribution is -2.02. The fraction of sp³-hybridized carbons (Fsp3) is 0.0500. The molecule has 0 saturated heterocycles. The van der Waals surface area contributed by atoms with E-state index in [0.717, 1.165) is 16.9 Å². The molecule has 2 aromatic carbocycles. The molecule has 2 heterocycles. The Bertz CT molecular complexity index is 1130. The maximum absolute atomic E-state index is 9.63. The third kappa shape index (κ3) is 2.52. The SMILES string of the molecule is COc1ccc(-c2nn3c(N)nc(-c4ccccc4)c3cc2C#N)cc1. The summed E-state index contributed by atoms with van der Waals surface area (Å²) in [5.41, 5.74) is 10.2. The van der Waals surface area contributed by atoms with Crippen LogP contribution in [0.1, 0.15) is 5.56 Å². The number of nitrogen functional groups attached to an aromatic ring is 1. The van der Waals surface area contributed by atoms with Crippen LogP contribution in [-0.4, -0.2) is 21.7 Å². The fourth-order valence-electron chi connectivity index (χ4n) is 2.89. The Balaban J connectivity index is 1.94. The first kappa shape index (κ1) is 15.7. The molecule has 0 amide bonds. The molecule has 0 aliphatic rings. The van der Waals surface area contributed by atoms with E-state index in [2.05, 4.69) is 16.2 Å². The quantitative estimate of drug-likeness (QED) is 0.616. The molecule has 2 N–H and O–H groups in total. The van der Waals surface area contributed by atoms with Crippen LogP contribution in [0.15, 0.2) is 60.7 Å². The molecule has 4 rings (SSSR count). The van der Waals surface area contributed by atoms with Crippen molar-refractivity contribution < 1.29 is 4.74 Å². The summed E-state index contributed by atoms with van der Waals surface area (Å²) in [6.07, 6.45) is 0. The van der Waals surface area contributed by atoms with Crippen molar-refractivity contribution in [3.8, 4) is 34.3 Å². The molecule has 6 heteroatoms. The van der Waals surface area contributed by atoms with Gasteiger partial charge in [-0.05, 0) is 30.3 Å². The van der Waals surface area contributed by atoms with Crippen LogP contribution in [0.4, 0.5) is 5.95 Å². The molecule has 126 valence electrons. The summed E-state index contributed by atoms with van der Waals surface area (Å²) >= 11 is 0. The first-order valence-electron chi connectivity index (χ1n) is 8.00. The van der Waals surface area contributed by atoms with Crippen molar-refractivity contribution in [3.63, 3.8) is 0 Å². The van der Waals surface area contributed by atoms with Crippen LogP contribution in [0, 0.1) is 11.3 Å². The molecular weight excluding hydrogens is 326 g/mol. The van der Waals surface area contributed by atoms with Crippen molar-refractivity contribution in [1.29, 1.82) is 5.26 Å². The highest BCUT2D eigenvalue weighted by atomic mass is 16.5. The van der Waals surface area contributed by atoms with E-state index >= 15 is 0 Å². The number of methoxy groups -OCH3 is 1. The van der Waals surface area contributed by atoms with Crippen molar-refractivity contribution in [2.24, 2.45) is 0 Å². The number of nitrogens with zero attached hydrogens (tertiary/aromatic N) is 4. The third-order valence-electron chi connectivity index (χ3n) is 4.18. The second kappa shape index (κ2) is 6.22. The number of rotatable bonds is 3. The summed E-state index contributed by atoms with van der Waals surface area (Å²) in [5, 5.41) is 14.2. The molecule has 0 aliphatic carbocycles. The Labute approximate surface area is 150 Å². The molecule has 26 heavy (non-hydrogen) atoms. The van der Waals surface area contributed by atoms with Crippen molar-refractivity contribution in [3.05, 3.63) is 66.2 Å². The second-order valence-corrected chi connectivity index (χ2v) is 5.73. The first-order valence-corrected chi connectivity index (χ1v) is 8.00. The molecule has 0 atom stereocenters. The van der Waals surface area contributed by atoms with E-state index in [1.165, 1.54) is 0 Å². The van der Waals surface area contributed by atoms with Gasteiger partial charge in [-0.1, -0.05) is 30.3 Å². The molecule has 4 aromatic rings. The molecule has 0 fully saturated rings. The number of hydrogen-bond acceptors (Lipinski definition) is 5. The van der Waals surface area contributed by atoms with Gasteiger partial charge in [-0.25, -0.2) is 4.98 Å². The Morgan fingerprint density at radius 1 is 1.00 bits per heavy atom. The lowest BCUT2D eigenvalue weighted by molar-refractivity contribution is 0.415. The molecule has 0 spiro atoms. The maximum atomic E-state index is 9.63. The van der Waals surface area contributed by atoms with Crippen LogP contribution in [0.5, 0.6) is 5.75 Å². The zero-order valence-corrected chi connectivity index (χ0v) is 14.0. The van der Waals surface area contributed by atoms with Crippen molar-refractivity contribution in [2.75, 3.05) is 12.8 Å².